The van der Waals surface area contributed by atoms with Gasteiger partial charge < -0.3 is 9.42 Å². The fourth-order valence-electron chi connectivity index (χ4n) is 3.59. The maximum Gasteiger partial charge on any atom is 0.232 e. The monoisotopic (exact) mass is 393 g/mol. The Morgan fingerprint density at radius 2 is 1.93 bits per heavy atom. The zero-order chi connectivity index (χ0) is 19.5. The van der Waals surface area contributed by atoms with E-state index in [0.29, 0.717) is 31.2 Å². The molecule has 1 aliphatic rings. The van der Waals surface area contributed by atoms with Gasteiger partial charge in [-0.25, -0.2) is 0 Å². The van der Waals surface area contributed by atoms with Crippen molar-refractivity contribution in [1.82, 2.24) is 15.0 Å². The molecule has 4 rings (SSSR count). The summed E-state index contributed by atoms with van der Waals surface area (Å²) in [5.41, 5.74) is 2.17. The van der Waals surface area contributed by atoms with Crippen molar-refractivity contribution in [3.05, 3.63) is 66.1 Å². The van der Waals surface area contributed by atoms with E-state index in [9.17, 15) is 4.79 Å². The molecule has 0 saturated carbocycles. The first-order chi connectivity index (χ1) is 13.6. The van der Waals surface area contributed by atoms with Crippen LogP contribution in [0.15, 0.2) is 64.0 Å². The first-order valence-corrected chi connectivity index (χ1v) is 10.7. The van der Waals surface area contributed by atoms with Gasteiger partial charge in [-0.05, 0) is 42.0 Å². The normalized spacial score (nSPS) is 17.9. The molecule has 1 amide bonds. The molecular formula is C22H23N3O2S. The summed E-state index contributed by atoms with van der Waals surface area (Å²) in [6, 6.07) is 18.4. The number of aromatic nitrogens is 2. The van der Waals surface area contributed by atoms with Gasteiger partial charge in [0.15, 0.2) is 0 Å². The zero-order valence-corrected chi connectivity index (χ0v) is 16.9. The van der Waals surface area contributed by atoms with Crippen molar-refractivity contribution in [2.75, 3.05) is 19.3 Å². The number of nitrogens with zero attached hydrogens (tertiary/aromatic N) is 3. The van der Waals surface area contributed by atoms with Crippen molar-refractivity contribution in [3.8, 4) is 11.4 Å². The van der Waals surface area contributed by atoms with Gasteiger partial charge in [0, 0.05) is 30.0 Å². The molecule has 28 heavy (non-hydrogen) atoms. The number of benzene rings is 2. The van der Waals surface area contributed by atoms with Gasteiger partial charge in [-0.2, -0.15) is 4.98 Å². The molecule has 1 fully saturated rings. The molecule has 1 saturated heterocycles. The molecule has 2 unspecified atom stereocenters. The molecule has 2 heterocycles. The van der Waals surface area contributed by atoms with E-state index >= 15 is 0 Å². The molecule has 3 aromatic rings. The minimum atomic E-state index is -0.0396. The summed E-state index contributed by atoms with van der Waals surface area (Å²) >= 11 is 1.69. The van der Waals surface area contributed by atoms with E-state index in [1.54, 1.807) is 11.8 Å². The Morgan fingerprint density at radius 3 is 2.64 bits per heavy atom. The number of amides is 1. The van der Waals surface area contributed by atoms with Gasteiger partial charge in [0.2, 0.25) is 17.6 Å². The van der Waals surface area contributed by atoms with Gasteiger partial charge in [0.25, 0.3) is 0 Å². The lowest BCUT2D eigenvalue weighted by molar-refractivity contribution is -0.127. The number of hydrogen-bond donors (Lipinski definition) is 0. The molecule has 1 aromatic heterocycles. The van der Waals surface area contributed by atoms with Crippen molar-refractivity contribution in [2.45, 2.75) is 30.1 Å². The van der Waals surface area contributed by atoms with Crippen LogP contribution in [0, 0.1) is 0 Å². The van der Waals surface area contributed by atoms with Crippen molar-refractivity contribution >= 4 is 17.7 Å². The van der Waals surface area contributed by atoms with E-state index in [1.807, 2.05) is 53.6 Å². The molecule has 0 radical (unpaired) electrons. The Balaban J connectivity index is 1.43. The first-order valence-electron chi connectivity index (χ1n) is 9.45. The lowest BCUT2D eigenvalue weighted by Crippen LogP contribution is -2.29. The molecule has 5 nitrogen and oxygen atoms in total. The van der Waals surface area contributed by atoms with Crippen LogP contribution in [0.2, 0.25) is 0 Å². The van der Waals surface area contributed by atoms with E-state index < -0.39 is 0 Å². The molecule has 2 atom stereocenters. The highest BCUT2D eigenvalue weighted by molar-refractivity contribution is 7.98. The molecule has 6 heteroatoms. The number of likely N-dealkylation sites (tertiary alicyclic amines) is 1. The molecule has 1 aliphatic heterocycles. The van der Waals surface area contributed by atoms with Crippen LogP contribution >= 0.6 is 11.8 Å². The molecule has 0 spiro atoms. The summed E-state index contributed by atoms with van der Waals surface area (Å²) in [7, 11) is 0. The van der Waals surface area contributed by atoms with Crippen molar-refractivity contribution in [2.24, 2.45) is 0 Å². The van der Waals surface area contributed by atoms with Crippen LogP contribution in [0.3, 0.4) is 0 Å². The van der Waals surface area contributed by atoms with Crippen molar-refractivity contribution in [3.63, 3.8) is 0 Å². The Kier molecular flexibility index (Phi) is 5.48. The van der Waals surface area contributed by atoms with E-state index in [2.05, 4.69) is 29.2 Å². The fraction of sp³-hybridized carbons (Fsp3) is 0.318. The summed E-state index contributed by atoms with van der Waals surface area (Å²) in [4.78, 5) is 20.2. The third-order valence-electron chi connectivity index (χ3n) is 5.22. The molecule has 144 valence electrons. The maximum atomic E-state index is 12.5. The third-order valence-corrected chi connectivity index (χ3v) is 5.96. The van der Waals surface area contributed by atoms with E-state index in [-0.39, 0.29) is 17.7 Å². The third kappa shape index (κ3) is 3.97. The second-order valence-electron chi connectivity index (χ2n) is 7.20. The SMILES string of the molecule is CSc1ccc(-c2noc(C3CC(=O)N(CC(C)c4ccccc4)C3)n2)cc1. The standard InChI is InChI=1S/C22H23N3O2S/c1-15(16-6-4-3-5-7-16)13-25-14-18(12-20(25)26)22-23-21(24-27-22)17-8-10-19(28-2)11-9-17/h3-11,15,18H,12-14H2,1-2H3. The lowest BCUT2D eigenvalue weighted by Gasteiger charge is -2.21. The minimum Gasteiger partial charge on any atom is -0.341 e. The molecule has 0 aliphatic carbocycles. The smallest absolute Gasteiger partial charge is 0.232 e. The second kappa shape index (κ2) is 8.19. The van der Waals surface area contributed by atoms with Gasteiger partial charge in [0.1, 0.15) is 0 Å². The quantitative estimate of drug-likeness (QED) is 0.574. The number of rotatable bonds is 6. The minimum absolute atomic E-state index is 0.0396. The zero-order valence-electron chi connectivity index (χ0n) is 16.0. The molecule has 0 bridgehead atoms. The van der Waals surface area contributed by atoms with Gasteiger partial charge in [-0.15, -0.1) is 11.8 Å². The molecular weight excluding hydrogens is 370 g/mol. The van der Waals surface area contributed by atoms with Crippen LogP contribution in [0.4, 0.5) is 0 Å². The number of carbonyl (C=O) groups is 1. The molecule has 0 N–H and O–H groups in total. The number of carbonyl (C=O) groups excluding carboxylic acids is 1. The van der Waals surface area contributed by atoms with E-state index in [4.69, 9.17) is 4.52 Å². The highest BCUT2D eigenvalue weighted by atomic mass is 32.2. The summed E-state index contributed by atoms with van der Waals surface area (Å²) in [5.74, 6) is 1.52. The maximum absolute atomic E-state index is 12.5. The lowest BCUT2D eigenvalue weighted by atomic mass is 10.0. The highest BCUT2D eigenvalue weighted by Gasteiger charge is 2.35. The Morgan fingerprint density at radius 1 is 1.18 bits per heavy atom. The van der Waals surface area contributed by atoms with Crippen LogP contribution in [0.25, 0.3) is 11.4 Å². The molecule has 2 aromatic carbocycles. The highest BCUT2D eigenvalue weighted by Crippen LogP contribution is 2.30. The van der Waals surface area contributed by atoms with Crippen LogP contribution in [-0.2, 0) is 4.79 Å². The second-order valence-corrected chi connectivity index (χ2v) is 8.08. The number of thioether (sulfide) groups is 1. The summed E-state index contributed by atoms with van der Waals surface area (Å²) in [6.45, 7) is 3.48. The topological polar surface area (TPSA) is 59.2 Å². The van der Waals surface area contributed by atoms with Gasteiger partial charge in [-0.1, -0.05) is 42.4 Å². The van der Waals surface area contributed by atoms with Gasteiger partial charge in [-0.3, -0.25) is 4.79 Å². The van der Waals surface area contributed by atoms with Crippen LogP contribution in [0.5, 0.6) is 0 Å². The Bertz CT molecular complexity index is 940. The Hall–Kier alpha value is -2.60. The fourth-order valence-corrected chi connectivity index (χ4v) is 4.00. The van der Waals surface area contributed by atoms with Crippen molar-refractivity contribution in [1.29, 1.82) is 0 Å². The van der Waals surface area contributed by atoms with Gasteiger partial charge in [0.05, 0.1) is 5.92 Å². The summed E-state index contributed by atoms with van der Waals surface area (Å²) < 4.78 is 5.50. The average Bonchev–Trinajstić information content (AvgIpc) is 3.36. The predicted octanol–water partition coefficient (Wildman–Crippen LogP) is 4.58. The van der Waals surface area contributed by atoms with Gasteiger partial charge >= 0.3 is 0 Å². The van der Waals surface area contributed by atoms with Crippen LogP contribution in [0.1, 0.15) is 36.6 Å². The number of hydrogen-bond acceptors (Lipinski definition) is 5. The van der Waals surface area contributed by atoms with Crippen LogP contribution < -0.4 is 0 Å². The average molecular weight is 394 g/mol. The summed E-state index contributed by atoms with van der Waals surface area (Å²) in [6.07, 6.45) is 2.47. The largest absolute Gasteiger partial charge is 0.341 e. The predicted molar refractivity (Wildman–Crippen MR) is 110 cm³/mol. The van der Waals surface area contributed by atoms with Crippen molar-refractivity contribution < 1.29 is 9.32 Å². The van der Waals surface area contributed by atoms with E-state index in [1.165, 1.54) is 10.5 Å². The Labute approximate surface area is 169 Å². The van der Waals surface area contributed by atoms with Crippen LogP contribution in [-0.4, -0.2) is 40.3 Å². The summed E-state index contributed by atoms with van der Waals surface area (Å²) in [5, 5.41) is 4.12. The van der Waals surface area contributed by atoms with E-state index in [0.717, 1.165) is 5.56 Å². The first kappa shape index (κ1) is 18.7.